The van der Waals surface area contributed by atoms with Crippen LogP contribution in [0.1, 0.15) is 25.0 Å². The maximum Gasteiger partial charge on any atom is 0.348 e. The van der Waals surface area contributed by atoms with Gasteiger partial charge in [0.15, 0.2) is 0 Å². The summed E-state index contributed by atoms with van der Waals surface area (Å²) in [5.41, 5.74) is -1.32. The van der Waals surface area contributed by atoms with Crippen LogP contribution in [0.15, 0.2) is 17.7 Å². The zero-order valence-electron chi connectivity index (χ0n) is 12.0. The number of hydrogen-bond acceptors (Lipinski definition) is 6. The minimum atomic E-state index is -1.44. The van der Waals surface area contributed by atoms with Crippen LogP contribution < -0.4 is 0 Å². The number of aryl methyl sites for hydroxylation is 1. The third kappa shape index (κ3) is 2.95. The SMILES string of the molecule is Cc1cc(F)c(C=C2C(=O)OC(C)(C)OC2=O)c([N+](=O)[O-])c1. The van der Waals surface area contributed by atoms with Gasteiger partial charge in [0, 0.05) is 19.9 Å². The third-order valence-corrected chi connectivity index (χ3v) is 2.85. The molecule has 0 N–H and O–H groups in total. The summed E-state index contributed by atoms with van der Waals surface area (Å²) in [6.07, 6.45) is 0.771. The summed E-state index contributed by atoms with van der Waals surface area (Å²) in [6.45, 7) is 4.20. The van der Waals surface area contributed by atoms with Gasteiger partial charge in [0.05, 0.1) is 10.5 Å². The van der Waals surface area contributed by atoms with E-state index in [0.29, 0.717) is 5.56 Å². The molecule has 1 heterocycles. The van der Waals surface area contributed by atoms with Gasteiger partial charge in [0.1, 0.15) is 11.4 Å². The van der Waals surface area contributed by atoms with Crippen LogP contribution in [0.3, 0.4) is 0 Å². The van der Waals surface area contributed by atoms with Gasteiger partial charge in [-0.1, -0.05) is 0 Å². The molecule has 7 nitrogen and oxygen atoms in total. The Hall–Kier alpha value is -2.77. The normalized spacial score (nSPS) is 16.8. The largest absolute Gasteiger partial charge is 0.419 e. The molecule has 8 heteroatoms. The number of rotatable bonds is 2. The highest BCUT2D eigenvalue weighted by Crippen LogP contribution is 2.29. The molecule has 0 amide bonds. The Morgan fingerprint density at radius 2 is 1.77 bits per heavy atom. The summed E-state index contributed by atoms with van der Waals surface area (Å²) in [5.74, 6) is -4.43. The van der Waals surface area contributed by atoms with Gasteiger partial charge in [-0.2, -0.15) is 0 Å². The first-order chi connectivity index (χ1) is 10.1. The van der Waals surface area contributed by atoms with E-state index in [1.54, 1.807) is 0 Å². The maximum absolute atomic E-state index is 14.0. The second-order valence-corrected chi connectivity index (χ2v) is 5.17. The molecular formula is C14H12FNO6. The lowest BCUT2D eigenvalue weighted by Crippen LogP contribution is -2.41. The minimum Gasteiger partial charge on any atom is -0.419 e. The van der Waals surface area contributed by atoms with Gasteiger partial charge in [-0.25, -0.2) is 14.0 Å². The molecule has 1 aliphatic rings. The van der Waals surface area contributed by atoms with Crippen molar-refractivity contribution in [3.05, 3.63) is 44.8 Å². The van der Waals surface area contributed by atoms with Gasteiger partial charge in [-0.15, -0.1) is 0 Å². The second-order valence-electron chi connectivity index (χ2n) is 5.17. The van der Waals surface area contributed by atoms with Crippen LogP contribution >= 0.6 is 0 Å². The first-order valence-corrected chi connectivity index (χ1v) is 6.23. The first-order valence-electron chi connectivity index (χ1n) is 6.23. The Morgan fingerprint density at radius 3 is 2.27 bits per heavy atom. The molecule has 0 atom stereocenters. The molecule has 0 aliphatic carbocycles. The van der Waals surface area contributed by atoms with Gasteiger partial charge in [-0.05, 0) is 24.6 Å². The summed E-state index contributed by atoms with van der Waals surface area (Å²) < 4.78 is 23.7. The number of carbonyl (C=O) groups excluding carboxylic acids is 2. The van der Waals surface area contributed by atoms with Crippen LogP contribution in [0.4, 0.5) is 10.1 Å². The summed E-state index contributed by atoms with van der Waals surface area (Å²) in [5, 5.41) is 11.0. The zero-order chi connectivity index (χ0) is 16.7. The van der Waals surface area contributed by atoms with E-state index in [-0.39, 0.29) is 0 Å². The number of carbonyl (C=O) groups is 2. The summed E-state index contributed by atoms with van der Waals surface area (Å²) >= 11 is 0. The quantitative estimate of drug-likeness (QED) is 0.273. The number of halogens is 1. The molecule has 0 aromatic heterocycles. The molecule has 0 unspecified atom stereocenters. The topological polar surface area (TPSA) is 95.7 Å². The van der Waals surface area contributed by atoms with Crippen molar-refractivity contribution in [2.45, 2.75) is 26.6 Å². The Bertz CT molecular complexity index is 700. The van der Waals surface area contributed by atoms with E-state index in [0.717, 1.165) is 18.2 Å². The number of nitrogens with zero attached hydrogens (tertiary/aromatic N) is 1. The molecule has 116 valence electrons. The van der Waals surface area contributed by atoms with E-state index in [2.05, 4.69) is 0 Å². The predicted octanol–water partition coefficient (Wildman–Crippen LogP) is 2.26. The van der Waals surface area contributed by atoms with Gasteiger partial charge < -0.3 is 9.47 Å². The van der Waals surface area contributed by atoms with E-state index in [1.807, 2.05) is 0 Å². The Kier molecular flexibility index (Phi) is 3.70. The molecule has 1 aromatic rings. The van der Waals surface area contributed by atoms with Crippen LogP contribution in [0.2, 0.25) is 0 Å². The molecular weight excluding hydrogens is 297 g/mol. The standard InChI is InChI=1S/C14H12FNO6/c1-7-4-10(15)8(11(5-7)16(19)20)6-9-12(17)21-14(2,3)22-13(9)18/h4-6H,1-3H3. The fourth-order valence-electron chi connectivity index (χ4n) is 1.95. The molecule has 1 aromatic carbocycles. The van der Waals surface area contributed by atoms with E-state index >= 15 is 0 Å². The number of benzene rings is 1. The lowest BCUT2D eigenvalue weighted by atomic mass is 10.0. The molecule has 0 bridgehead atoms. The van der Waals surface area contributed by atoms with E-state index in [9.17, 15) is 24.1 Å². The molecule has 1 fully saturated rings. The summed E-state index contributed by atoms with van der Waals surface area (Å²) in [4.78, 5) is 33.8. The maximum atomic E-state index is 14.0. The summed E-state index contributed by atoms with van der Waals surface area (Å²) in [7, 11) is 0. The molecule has 1 saturated heterocycles. The van der Waals surface area contributed by atoms with Crippen molar-refractivity contribution in [1.29, 1.82) is 0 Å². The zero-order valence-corrected chi connectivity index (χ0v) is 12.0. The fraction of sp³-hybridized carbons (Fsp3) is 0.286. The highest BCUT2D eigenvalue weighted by molar-refractivity contribution is 6.19. The van der Waals surface area contributed by atoms with Gasteiger partial charge in [-0.3, -0.25) is 10.1 Å². The lowest BCUT2D eigenvalue weighted by molar-refractivity contribution is -0.385. The van der Waals surface area contributed by atoms with Crippen molar-refractivity contribution < 1.29 is 28.4 Å². The van der Waals surface area contributed by atoms with Crippen molar-refractivity contribution >= 4 is 23.7 Å². The molecule has 0 radical (unpaired) electrons. The summed E-state index contributed by atoms with van der Waals surface area (Å²) in [6, 6.07) is 2.20. The average Bonchev–Trinajstić information content (AvgIpc) is 2.33. The molecule has 0 spiro atoms. The Balaban J connectivity index is 2.56. The fourth-order valence-corrected chi connectivity index (χ4v) is 1.95. The van der Waals surface area contributed by atoms with Crippen molar-refractivity contribution in [1.82, 2.24) is 0 Å². The lowest BCUT2D eigenvalue weighted by Gasteiger charge is -2.29. The van der Waals surface area contributed by atoms with Crippen LogP contribution in [-0.4, -0.2) is 22.6 Å². The molecule has 2 rings (SSSR count). The Morgan fingerprint density at radius 1 is 1.23 bits per heavy atom. The van der Waals surface area contributed by atoms with Crippen LogP contribution in [-0.2, 0) is 19.1 Å². The molecule has 22 heavy (non-hydrogen) atoms. The van der Waals surface area contributed by atoms with Crippen LogP contribution in [0, 0.1) is 22.9 Å². The first kappa shape index (κ1) is 15.6. The van der Waals surface area contributed by atoms with Gasteiger partial charge >= 0.3 is 11.9 Å². The van der Waals surface area contributed by atoms with Crippen molar-refractivity contribution in [2.24, 2.45) is 0 Å². The van der Waals surface area contributed by atoms with E-state index in [1.165, 1.54) is 20.8 Å². The average molecular weight is 309 g/mol. The van der Waals surface area contributed by atoms with Crippen molar-refractivity contribution in [3.8, 4) is 0 Å². The second kappa shape index (κ2) is 5.21. The van der Waals surface area contributed by atoms with Crippen LogP contribution in [0.25, 0.3) is 6.08 Å². The van der Waals surface area contributed by atoms with E-state index < -0.39 is 45.3 Å². The van der Waals surface area contributed by atoms with E-state index in [4.69, 9.17) is 9.47 Å². The predicted molar refractivity (Wildman–Crippen MR) is 72.0 cm³/mol. The number of nitro groups is 1. The smallest absolute Gasteiger partial charge is 0.348 e. The number of ether oxygens (including phenoxy) is 2. The number of esters is 2. The van der Waals surface area contributed by atoms with Crippen LogP contribution in [0.5, 0.6) is 0 Å². The number of hydrogen-bond donors (Lipinski definition) is 0. The monoisotopic (exact) mass is 309 g/mol. The third-order valence-electron chi connectivity index (χ3n) is 2.85. The number of cyclic esters (lactones) is 2. The van der Waals surface area contributed by atoms with Crippen molar-refractivity contribution in [2.75, 3.05) is 0 Å². The Labute approximate surface area is 124 Å². The minimum absolute atomic E-state index is 0.335. The molecule has 1 aliphatic heterocycles. The van der Waals surface area contributed by atoms with Crippen molar-refractivity contribution in [3.63, 3.8) is 0 Å². The van der Waals surface area contributed by atoms with Gasteiger partial charge in [0.25, 0.3) is 11.5 Å². The highest BCUT2D eigenvalue weighted by Gasteiger charge is 2.39. The van der Waals surface area contributed by atoms with Gasteiger partial charge in [0.2, 0.25) is 0 Å². The number of nitro benzene ring substituents is 1. The highest BCUT2D eigenvalue weighted by atomic mass is 19.1. The molecule has 0 saturated carbocycles.